The van der Waals surface area contributed by atoms with Crippen molar-refractivity contribution in [3.8, 4) is 11.6 Å². The van der Waals surface area contributed by atoms with Crippen molar-refractivity contribution in [3.63, 3.8) is 0 Å². The summed E-state index contributed by atoms with van der Waals surface area (Å²) >= 11 is 0. The van der Waals surface area contributed by atoms with E-state index in [0.29, 0.717) is 23.9 Å². The minimum atomic E-state index is -0.689. The maximum absolute atomic E-state index is 14.6. The highest BCUT2D eigenvalue weighted by Crippen LogP contribution is 2.27. The number of ether oxygens (including phenoxy) is 1. The Labute approximate surface area is 192 Å². The molecule has 0 saturated carbocycles. The first kappa shape index (κ1) is 21.4. The van der Waals surface area contributed by atoms with Crippen LogP contribution < -0.4 is 10.3 Å². The molecule has 0 atom stereocenters. The van der Waals surface area contributed by atoms with Gasteiger partial charge < -0.3 is 19.0 Å². The summed E-state index contributed by atoms with van der Waals surface area (Å²) in [6.45, 7) is 1.11. The smallest absolute Gasteiger partial charge is 0.289 e. The molecule has 10 heteroatoms. The Morgan fingerprint density at radius 2 is 1.65 bits per heavy atom. The summed E-state index contributed by atoms with van der Waals surface area (Å²) in [7, 11) is 0. The molecule has 0 bridgehead atoms. The molecular weight excluding hydrogens is 443 g/mol. The first-order valence-corrected chi connectivity index (χ1v) is 10.6. The third kappa shape index (κ3) is 4.01. The number of carbonyl (C=O) groups excluding carboxylic acids is 2. The highest BCUT2D eigenvalue weighted by Gasteiger charge is 2.28. The minimum absolute atomic E-state index is 0.130. The molecule has 1 aliphatic rings. The number of H-pyrrole nitrogens is 1. The van der Waals surface area contributed by atoms with Crippen molar-refractivity contribution in [1.82, 2.24) is 20.0 Å². The molecule has 2 aromatic heterocycles. The molecule has 3 heterocycles. The summed E-state index contributed by atoms with van der Waals surface area (Å²) < 4.78 is 25.5. The number of halogens is 1. The van der Waals surface area contributed by atoms with Crippen molar-refractivity contribution in [2.45, 2.75) is 0 Å². The second-order valence-corrected chi connectivity index (χ2v) is 7.71. The molecule has 2 aromatic carbocycles. The van der Waals surface area contributed by atoms with Crippen LogP contribution in [0.4, 0.5) is 4.39 Å². The molecule has 4 aromatic rings. The number of nitrogens with zero attached hydrogens (tertiary/aromatic N) is 3. The zero-order chi connectivity index (χ0) is 23.7. The van der Waals surface area contributed by atoms with Gasteiger partial charge in [0.05, 0.1) is 22.6 Å². The topological polar surface area (TPSA) is 109 Å². The van der Waals surface area contributed by atoms with E-state index in [1.54, 1.807) is 41.3 Å². The number of aromatic nitrogens is 2. The van der Waals surface area contributed by atoms with Crippen molar-refractivity contribution in [2.75, 3.05) is 26.2 Å². The lowest BCUT2D eigenvalue weighted by molar-refractivity contribution is 0.0515. The van der Waals surface area contributed by atoms with Crippen molar-refractivity contribution in [2.24, 2.45) is 0 Å². The highest BCUT2D eigenvalue weighted by atomic mass is 19.1. The third-order valence-electron chi connectivity index (χ3n) is 5.63. The zero-order valence-corrected chi connectivity index (χ0v) is 17.9. The molecule has 1 fully saturated rings. The number of piperazine rings is 1. The van der Waals surface area contributed by atoms with Gasteiger partial charge in [-0.3, -0.25) is 14.4 Å². The van der Waals surface area contributed by atoms with E-state index in [2.05, 4.69) is 10.2 Å². The summed E-state index contributed by atoms with van der Waals surface area (Å²) in [6.07, 6.45) is 1.43. The number of benzene rings is 2. The summed E-state index contributed by atoms with van der Waals surface area (Å²) in [5.41, 5.74) is -0.514. The van der Waals surface area contributed by atoms with Crippen LogP contribution in [0.2, 0.25) is 0 Å². The van der Waals surface area contributed by atoms with Gasteiger partial charge in [-0.1, -0.05) is 12.1 Å². The first-order chi connectivity index (χ1) is 16.5. The van der Waals surface area contributed by atoms with Crippen molar-refractivity contribution in [3.05, 3.63) is 88.4 Å². The predicted molar refractivity (Wildman–Crippen MR) is 119 cm³/mol. The number of carbonyl (C=O) groups is 2. The van der Waals surface area contributed by atoms with Crippen molar-refractivity contribution in [1.29, 1.82) is 0 Å². The van der Waals surface area contributed by atoms with Crippen LogP contribution in [0.3, 0.4) is 0 Å². The lowest BCUT2D eigenvalue weighted by Gasteiger charge is -2.34. The molecule has 5 rings (SSSR count). The average Bonchev–Trinajstić information content (AvgIpc) is 3.41. The van der Waals surface area contributed by atoms with Gasteiger partial charge in [0.25, 0.3) is 17.4 Å². The van der Waals surface area contributed by atoms with Crippen LogP contribution in [0.5, 0.6) is 11.6 Å². The van der Waals surface area contributed by atoms with E-state index in [0.717, 1.165) is 6.07 Å². The van der Waals surface area contributed by atoms with E-state index < -0.39 is 11.7 Å². The predicted octanol–water partition coefficient (Wildman–Crippen LogP) is 3.05. The summed E-state index contributed by atoms with van der Waals surface area (Å²) in [5, 5.41) is 7.19. The van der Waals surface area contributed by atoms with Crippen LogP contribution >= 0.6 is 0 Å². The van der Waals surface area contributed by atoms with Gasteiger partial charge in [0.1, 0.15) is 11.6 Å². The van der Waals surface area contributed by atoms with Gasteiger partial charge in [-0.25, -0.2) is 9.49 Å². The minimum Gasteiger partial charge on any atom is -0.459 e. The molecule has 172 valence electrons. The van der Waals surface area contributed by atoms with Crippen LogP contribution in [-0.4, -0.2) is 58.0 Å². The Morgan fingerprint density at radius 1 is 0.941 bits per heavy atom. The zero-order valence-electron chi connectivity index (χ0n) is 17.9. The Morgan fingerprint density at radius 3 is 2.35 bits per heavy atom. The molecule has 0 aliphatic carbocycles. The number of rotatable bonds is 4. The van der Waals surface area contributed by atoms with Gasteiger partial charge in [0.15, 0.2) is 5.76 Å². The summed E-state index contributed by atoms with van der Waals surface area (Å²) in [4.78, 5) is 40.5. The van der Waals surface area contributed by atoms with E-state index in [1.807, 2.05) is 0 Å². The standard InChI is InChI=1S/C24H19FN4O5/c25-19-8-7-15(34-22-17-5-2-1-4-16(17)21(30)26-27-22)14-18(19)23(31)28-9-11-29(12-10-28)24(32)20-6-3-13-33-20/h1-8,13-14H,9-12H2,(H,26,30). The third-order valence-corrected chi connectivity index (χ3v) is 5.63. The Kier molecular flexibility index (Phi) is 5.54. The lowest BCUT2D eigenvalue weighted by atomic mass is 10.1. The maximum Gasteiger partial charge on any atom is 0.289 e. The SMILES string of the molecule is O=C(c1ccco1)N1CCN(C(=O)c2cc(Oc3n[nH]c(=O)c4ccccc34)ccc2F)CC1. The fourth-order valence-electron chi connectivity index (χ4n) is 3.85. The van der Waals surface area contributed by atoms with Gasteiger partial charge in [0.2, 0.25) is 5.88 Å². The number of furan rings is 1. The van der Waals surface area contributed by atoms with Crippen molar-refractivity contribution < 1.29 is 23.1 Å². The van der Waals surface area contributed by atoms with Gasteiger partial charge in [-0.05, 0) is 42.5 Å². The van der Waals surface area contributed by atoms with E-state index in [-0.39, 0.29) is 47.5 Å². The Balaban J connectivity index is 1.33. The van der Waals surface area contributed by atoms with Gasteiger partial charge >= 0.3 is 0 Å². The first-order valence-electron chi connectivity index (χ1n) is 10.6. The van der Waals surface area contributed by atoms with Gasteiger partial charge in [0, 0.05) is 26.2 Å². The fraction of sp³-hybridized carbons (Fsp3) is 0.167. The number of hydrogen-bond acceptors (Lipinski definition) is 6. The van der Waals surface area contributed by atoms with Crippen LogP contribution in [0.15, 0.2) is 70.1 Å². The molecule has 1 saturated heterocycles. The van der Waals surface area contributed by atoms with Crippen LogP contribution in [0.25, 0.3) is 10.8 Å². The Bertz CT molecular complexity index is 1430. The molecular formula is C24H19FN4O5. The van der Waals surface area contributed by atoms with Crippen LogP contribution in [0.1, 0.15) is 20.9 Å². The second kappa shape index (κ2) is 8.81. The lowest BCUT2D eigenvalue weighted by Crippen LogP contribution is -2.50. The number of hydrogen-bond donors (Lipinski definition) is 1. The maximum atomic E-state index is 14.6. The molecule has 1 N–H and O–H groups in total. The molecule has 0 unspecified atom stereocenters. The number of fused-ring (bicyclic) bond motifs is 1. The number of aromatic amines is 1. The summed E-state index contributed by atoms with van der Waals surface area (Å²) in [5.74, 6) is -0.886. The summed E-state index contributed by atoms with van der Waals surface area (Å²) in [6, 6.07) is 13.8. The van der Waals surface area contributed by atoms with Crippen molar-refractivity contribution >= 4 is 22.6 Å². The van der Waals surface area contributed by atoms with Crippen LogP contribution in [0, 0.1) is 5.82 Å². The Hall–Kier alpha value is -4.47. The molecule has 0 spiro atoms. The van der Waals surface area contributed by atoms with Crippen LogP contribution in [-0.2, 0) is 0 Å². The normalized spacial score (nSPS) is 13.8. The largest absolute Gasteiger partial charge is 0.459 e. The average molecular weight is 462 g/mol. The molecule has 34 heavy (non-hydrogen) atoms. The highest BCUT2D eigenvalue weighted by molar-refractivity contribution is 5.95. The second-order valence-electron chi connectivity index (χ2n) is 7.71. The molecule has 9 nitrogen and oxygen atoms in total. The van der Waals surface area contributed by atoms with E-state index in [1.165, 1.54) is 23.3 Å². The number of amides is 2. The monoisotopic (exact) mass is 462 g/mol. The number of nitrogens with one attached hydrogen (secondary N) is 1. The van der Waals surface area contributed by atoms with E-state index >= 15 is 0 Å². The van der Waals surface area contributed by atoms with Gasteiger partial charge in [-0.15, -0.1) is 5.10 Å². The van der Waals surface area contributed by atoms with Gasteiger partial charge in [-0.2, -0.15) is 0 Å². The van der Waals surface area contributed by atoms with E-state index in [4.69, 9.17) is 9.15 Å². The van der Waals surface area contributed by atoms with E-state index in [9.17, 15) is 18.8 Å². The molecule has 0 radical (unpaired) electrons. The fourth-order valence-corrected chi connectivity index (χ4v) is 3.85. The molecule has 2 amide bonds. The molecule has 1 aliphatic heterocycles. The quantitative estimate of drug-likeness (QED) is 0.499.